The Balaban J connectivity index is 1.66. The Morgan fingerprint density at radius 1 is 1.22 bits per heavy atom. The van der Waals surface area contributed by atoms with E-state index in [4.69, 9.17) is 11.6 Å². The molecule has 2 aromatic carbocycles. The highest BCUT2D eigenvalue weighted by Crippen LogP contribution is 2.29. The van der Waals surface area contributed by atoms with Crippen molar-refractivity contribution in [1.29, 1.82) is 0 Å². The molecule has 6 nitrogen and oxygen atoms in total. The second kappa shape index (κ2) is 7.09. The fourth-order valence-corrected chi connectivity index (χ4v) is 3.75. The Bertz CT molecular complexity index is 1150. The number of anilines is 1. The minimum atomic E-state index is -0.204. The molecule has 136 valence electrons. The Hall–Kier alpha value is -2.77. The zero-order valence-corrected chi connectivity index (χ0v) is 16.3. The third-order valence-corrected chi connectivity index (χ3v) is 5.37. The van der Waals surface area contributed by atoms with Crippen LogP contribution in [0.15, 0.2) is 42.5 Å². The summed E-state index contributed by atoms with van der Waals surface area (Å²) in [6.07, 6.45) is 0.763. The van der Waals surface area contributed by atoms with E-state index in [2.05, 4.69) is 20.6 Å². The Morgan fingerprint density at radius 2 is 2.07 bits per heavy atom. The second-order valence-corrected chi connectivity index (χ2v) is 7.46. The number of benzene rings is 2. The zero-order valence-electron chi connectivity index (χ0n) is 14.7. The third-order valence-electron chi connectivity index (χ3n) is 4.19. The van der Waals surface area contributed by atoms with E-state index in [-0.39, 0.29) is 5.91 Å². The number of rotatable bonds is 4. The number of aryl methyl sites for hydroxylation is 2. The first-order chi connectivity index (χ1) is 13.0. The van der Waals surface area contributed by atoms with Gasteiger partial charge in [-0.2, -0.15) is 9.61 Å². The van der Waals surface area contributed by atoms with Gasteiger partial charge >= 0.3 is 0 Å². The van der Waals surface area contributed by atoms with E-state index in [1.807, 2.05) is 32.0 Å². The van der Waals surface area contributed by atoms with E-state index < -0.39 is 0 Å². The van der Waals surface area contributed by atoms with Gasteiger partial charge in [-0.25, -0.2) is 0 Å². The van der Waals surface area contributed by atoms with E-state index in [0.717, 1.165) is 39.0 Å². The van der Waals surface area contributed by atoms with Crippen LogP contribution in [0.4, 0.5) is 5.69 Å². The van der Waals surface area contributed by atoms with Gasteiger partial charge in [0.05, 0.1) is 0 Å². The zero-order chi connectivity index (χ0) is 19.0. The summed E-state index contributed by atoms with van der Waals surface area (Å²) >= 11 is 7.45. The van der Waals surface area contributed by atoms with Crippen LogP contribution in [0, 0.1) is 6.92 Å². The van der Waals surface area contributed by atoms with Gasteiger partial charge in [0, 0.05) is 28.3 Å². The Labute approximate surface area is 164 Å². The molecule has 0 saturated heterocycles. The summed E-state index contributed by atoms with van der Waals surface area (Å²) < 4.78 is 1.77. The predicted molar refractivity (Wildman–Crippen MR) is 108 cm³/mol. The summed E-state index contributed by atoms with van der Waals surface area (Å²) in [7, 11) is 0. The molecule has 0 aliphatic heterocycles. The molecule has 0 aliphatic carbocycles. The molecule has 4 aromatic rings. The molecule has 2 heterocycles. The summed E-state index contributed by atoms with van der Waals surface area (Å²) in [5.74, 6) is 0.623. The van der Waals surface area contributed by atoms with E-state index in [0.29, 0.717) is 10.6 Å². The topological polar surface area (TPSA) is 72.2 Å². The lowest BCUT2D eigenvalue weighted by atomic mass is 10.1. The van der Waals surface area contributed by atoms with Gasteiger partial charge in [0.2, 0.25) is 4.96 Å². The van der Waals surface area contributed by atoms with Crippen molar-refractivity contribution in [3.05, 3.63) is 64.4 Å². The van der Waals surface area contributed by atoms with Gasteiger partial charge in [-0.15, -0.1) is 10.2 Å². The standard InChI is InChI=1S/C19H16ClN5OS/c1-3-16-22-23-19-25(16)24-18(27-19)13-8-7-11(2)15(10-13)21-17(26)12-5-4-6-14(20)9-12/h4-10H,3H2,1-2H3,(H,21,26). The van der Waals surface area contributed by atoms with Crippen LogP contribution in [0.1, 0.15) is 28.7 Å². The highest BCUT2D eigenvalue weighted by Gasteiger charge is 2.14. The molecule has 0 radical (unpaired) electrons. The molecule has 0 aliphatic rings. The van der Waals surface area contributed by atoms with E-state index in [1.165, 1.54) is 11.3 Å². The summed E-state index contributed by atoms with van der Waals surface area (Å²) in [6, 6.07) is 12.7. The van der Waals surface area contributed by atoms with E-state index >= 15 is 0 Å². The molecule has 0 unspecified atom stereocenters. The molecule has 4 rings (SSSR count). The van der Waals surface area contributed by atoms with Gasteiger partial charge in [0.15, 0.2) is 5.82 Å². The van der Waals surface area contributed by atoms with E-state index in [1.54, 1.807) is 28.8 Å². The SMILES string of the molecule is CCc1nnc2sc(-c3ccc(C)c(NC(=O)c4cccc(Cl)c4)c3)nn12. The summed E-state index contributed by atoms with van der Waals surface area (Å²) in [5.41, 5.74) is 3.13. The maximum absolute atomic E-state index is 12.5. The quantitative estimate of drug-likeness (QED) is 0.545. The van der Waals surface area contributed by atoms with Crippen molar-refractivity contribution in [3.63, 3.8) is 0 Å². The van der Waals surface area contributed by atoms with Crippen LogP contribution in [-0.2, 0) is 6.42 Å². The summed E-state index contributed by atoms with van der Waals surface area (Å²) in [5, 5.41) is 17.2. The van der Waals surface area contributed by atoms with Crippen LogP contribution in [0.5, 0.6) is 0 Å². The fraction of sp³-hybridized carbons (Fsp3) is 0.158. The van der Waals surface area contributed by atoms with Crippen LogP contribution < -0.4 is 5.32 Å². The van der Waals surface area contributed by atoms with Gasteiger partial charge in [-0.05, 0) is 36.8 Å². The van der Waals surface area contributed by atoms with Crippen molar-refractivity contribution in [3.8, 4) is 10.6 Å². The van der Waals surface area contributed by atoms with Crippen LogP contribution >= 0.6 is 22.9 Å². The number of halogens is 1. The molecule has 0 bridgehead atoms. The first-order valence-electron chi connectivity index (χ1n) is 8.44. The average Bonchev–Trinajstić information content (AvgIpc) is 3.24. The molecule has 0 atom stereocenters. The molecule has 0 fully saturated rings. The molecule has 1 amide bonds. The molecule has 8 heteroatoms. The minimum absolute atomic E-state index is 0.204. The molecular formula is C19H16ClN5OS. The smallest absolute Gasteiger partial charge is 0.255 e. The van der Waals surface area contributed by atoms with Crippen LogP contribution in [0.2, 0.25) is 5.02 Å². The lowest BCUT2D eigenvalue weighted by molar-refractivity contribution is 0.102. The van der Waals surface area contributed by atoms with Gasteiger partial charge in [-0.1, -0.05) is 48.1 Å². The summed E-state index contributed by atoms with van der Waals surface area (Å²) in [6.45, 7) is 3.97. The maximum Gasteiger partial charge on any atom is 0.255 e. The number of fused-ring (bicyclic) bond motifs is 1. The lowest BCUT2D eigenvalue weighted by Crippen LogP contribution is -2.12. The fourth-order valence-electron chi connectivity index (χ4n) is 2.71. The van der Waals surface area contributed by atoms with Crippen LogP contribution in [0.3, 0.4) is 0 Å². The van der Waals surface area contributed by atoms with Crippen molar-refractivity contribution >= 4 is 39.5 Å². The number of carbonyl (C=O) groups is 1. The number of hydrogen-bond donors (Lipinski definition) is 1. The number of nitrogens with zero attached hydrogens (tertiary/aromatic N) is 4. The minimum Gasteiger partial charge on any atom is -0.322 e. The Kier molecular flexibility index (Phi) is 4.63. The number of carbonyl (C=O) groups excluding carboxylic acids is 1. The van der Waals surface area contributed by atoms with Crippen molar-refractivity contribution in [2.75, 3.05) is 5.32 Å². The van der Waals surface area contributed by atoms with Crippen LogP contribution in [-0.4, -0.2) is 25.7 Å². The van der Waals surface area contributed by atoms with E-state index in [9.17, 15) is 4.79 Å². The van der Waals surface area contributed by atoms with Crippen LogP contribution in [0.25, 0.3) is 15.5 Å². The first-order valence-corrected chi connectivity index (χ1v) is 9.63. The normalized spacial score (nSPS) is 11.1. The van der Waals surface area contributed by atoms with Gasteiger partial charge in [-0.3, -0.25) is 4.79 Å². The average molecular weight is 398 g/mol. The third kappa shape index (κ3) is 3.43. The number of nitrogens with one attached hydrogen (secondary N) is 1. The predicted octanol–water partition coefficient (Wildman–Crippen LogP) is 4.63. The molecule has 27 heavy (non-hydrogen) atoms. The molecular weight excluding hydrogens is 382 g/mol. The van der Waals surface area contributed by atoms with Gasteiger partial charge in [0.1, 0.15) is 5.01 Å². The highest BCUT2D eigenvalue weighted by atomic mass is 35.5. The maximum atomic E-state index is 12.5. The second-order valence-electron chi connectivity index (χ2n) is 6.07. The summed E-state index contributed by atoms with van der Waals surface area (Å²) in [4.78, 5) is 13.3. The lowest BCUT2D eigenvalue weighted by Gasteiger charge is -2.10. The molecule has 0 spiro atoms. The largest absolute Gasteiger partial charge is 0.322 e. The highest BCUT2D eigenvalue weighted by molar-refractivity contribution is 7.19. The van der Waals surface area contributed by atoms with Crippen molar-refractivity contribution in [1.82, 2.24) is 19.8 Å². The van der Waals surface area contributed by atoms with Crippen molar-refractivity contribution in [2.24, 2.45) is 0 Å². The van der Waals surface area contributed by atoms with Crippen molar-refractivity contribution in [2.45, 2.75) is 20.3 Å². The monoisotopic (exact) mass is 397 g/mol. The first kappa shape index (κ1) is 17.6. The number of hydrogen-bond acceptors (Lipinski definition) is 5. The van der Waals surface area contributed by atoms with Gasteiger partial charge < -0.3 is 5.32 Å². The number of aromatic nitrogens is 4. The molecule has 1 N–H and O–H groups in total. The van der Waals surface area contributed by atoms with Crippen molar-refractivity contribution < 1.29 is 4.79 Å². The number of amides is 1. The Morgan fingerprint density at radius 3 is 2.85 bits per heavy atom. The molecule has 0 saturated carbocycles. The van der Waals surface area contributed by atoms with Gasteiger partial charge in [0.25, 0.3) is 5.91 Å². The molecule has 2 aromatic heterocycles.